The van der Waals surface area contributed by atoms with E-state index in [1.54, 1.807) is 18.2 Å². The Labute approximate surface area is 177 Å². The van der Waals surface area contributed by atoms with E-state index in [2.05, 4.69) is 10.3 Å². The van der Waals surface area contributed by atoms with Crippen molar-refractivity contribution in [1.82, 2.24) is 0 Å². The minimum absolute atomic E-state index is 0.0846. The number of ether oxygens (including phenoxy) is 2. The number of anilines is 2. The molecule has 1 N–H and O–H groups in total. The van der Waals surface area contributed by atoms with Crippen molar-refractivity contribution in [2.24, 2.45) is 0 Å². The van der Waals surface area contributed by atoms with Gasteiger partial charge in [0.2, 0.25) is 0 Å². The fourth-order valence-electron chi connectivity index (χ4n) is 3.81. The van der Waals surface area contributed by atoms with Crippen LogP contribution in [0.3, 0.4) is 0 Å². The summed E-state index contributed by atoms with van der Waals surface area (Å²) in [5.74, 6) is -1.93. The van der Waals surface area contributed by atoms with Gasteiger partial charge in [0.05, 0.1) is 24.5 Å². The minimum atomic E-state index is -0.657. The Bertz CT molecular complexity index is 916. The number of hydrogen-bond donors (Lipinski definition) is 1. The van der Waals surface area contributed by atoms with Crippen LogP contribution in [0, 0.1) is 5.82 Å². The van der Waals surface area contributed by atoms with Crippen molar-refractivity contribution in [3.8, 4) is 0 Å². The highest BCUT2D eigenvalue weighted by Crippen LogP contribution is 2.34. The molecule has 1 aromatic carbocycles. The number of nitrogens with one attached hydrogen (secondary N) is 1. The fourth-order valence-corrected chi connectivity index (χ4v) is 4.01. The zero-order valence-corrected chi connectivity index (χ0v) is 16.9. The number of benzene rings is 1. The van der Waals surface area contributed by atoms with Crippen molar-refractivity contribution < 1.29 is 28.1 Å². The van der Waals surface area contributed by atoms with Crippen LogP contribution in [0.15, 0.2) is 52.8 Å². The molecule has 9 heteroatoms. The summed E-state index contributed by atoms with van der Waals surface area (Å²) in [6.07, 6.45) is 5.89. The van der Waals surface area contributed by atoms with E-state index in [-0.39, 0.29) is 17.0 Å². The van der Waals surface area contributed by atoms with Gasteiger partial charge in [-0.25, -0.2) is 4.39 Å². The summed E-state index contributed by atoms with van der Waals surface area (Å²) in [6.45, 7) is 2.37. The van der Waals surface area contributed by atoms with Gasteiger partial charge in [-0.1, -0.05) is 17.7 Å². The van der Waals surface area contributed by atoms with Crippen molar-refractivity contribution in [2.45, 2.75) is 25.0 Å². The third-order valence-corrected chi connectivity index (χ3v) is 5.62. The molecule has 6 nitrogen and oxygen atoms in total. The lowest BCUT2D eigenvalue weighted by Gasteiger charge is -2.38. The van der Waals surface area contributed by atoms with E-state index in [0.717, 1.165) is 0 Å². The third-order valence-electron chi connectivity index (χ3n) is 5.36. The number of rotatable bonds is 4. The molecule has 3 aliphatic rings. The van der Waals surface area contributed by atoms with Crippen LogP contribution in [-0.4, -0.2) is 38.0 Å². The molecule has 0 atom stereocenters. The van der Waals surface area contributed by atoms with Gasteiger partial charge in [0.15, 0.2) is 11.5 Å². The second kappa shape index (κ2) is 8.75. The molecule has 1 aliphatic carbocycles. The molecule has 0 radical (unpaired) electrons. The van der Waals surface area contributed by atoms with Crippen molar-refractivity contribution in [3.05, 3.63) is 58.6 Å². The molecule has 160 valence electrons. The third kappa shape index (κ3) is 4.35. The predicted octanol–water partition coefficient (Wildman–Crippen LogP) is 4.35. The molecule has 0 unspecified atom stereocenters. The predicted molar refractivity (Wildman–Crippen MR) is 108 cm³/mol. The Balaban J connectivity index is 1.46. The SMILES string of the molecule is O=C(Nc1ccc(N2CCC3(CC2)OCCO3)c(F)c1)C1=C(OF)C=CCC(Cl)=C1. The van der Waals surface area contributed by atoms with E-state index in [4.69, 9.17) is 21.1 Å². The van der Waals surface area contributed by atoms with Crippen LogP contribution in [0.1, 0.15) is 19.3 Å². The molecular formula is C21H21ClF2N2O4. The smallest absolute Gasteiger partial charge is 0.259 e. The van der Waals surface area contributed by atoms with Gasteiger partial charge in [-0.3, -0.25) is 9.74 Å². The molecule has 2 saturated heterocycles. The molecule has 4 rings (SSSR count). The molecule has 1 spiro atoms. The first-order valence-electron chi connectivity index (χ1n) is 9.69. The minimum Gasteiger partial charge on any atom is -0.369 e. The van der Waals surface area contributed by atoms with E-state index in [1.165, 1.54) is 18.2 Å². The molecule has 1 aromatic rings. The molecule has 30 heavy (non-hydrogen) atoms. The van der Waals surface area contributed by atoms with Crippen LogP contribution in [-0.2, 0) is 19.2 Å². The maximum absolute atomic E-state index is 14.8. The summed E-state index contributed by atoms with van der Waals surface area (Å²) in [6, 6.07) is 4.43. The highest BCUT2D eigenvalue weighted by Gasteiger charge is 2.40. The number of carbonyl (C=O) groups excluding carboxylic acids is 1. The zero-order valence-electron chi connectivity index (χ0n) is 16.1. The number of hydrogen-bond acceptors (Lipinski definition) is 5. The van der Waals surface area contributed by atoms with Crippen LogP contribution in [0.5, 0.6) is 0 Å². The summed E-state index contributed by atoms with van der Waals surface area (Å²) >= 11 is 6.00. The average Bonchev–Trinajstić information content (AvgIpc) is 3.09. The molecule has 0 saturated carbocycles. The Morgan fingerprint density at radius 3 is 2.63 bits per heavy atom. The summed E-state index contributed by atoms with van der Waals surface area (Å²) in [5.41, 5.74) is 0.590. The van der Waals surface area contributed by atoms with Crippen LogP contribution < -0.4 is 10.2 Å². The number of carbonyl (C=O) groups is 1. The van der Waals surface area contributed by atoms with E-state index < -0.39 is 17.5 Å². The number of nitrogens with zero attached hydrogens (tertiary/aromatic N) is 1. The Hall–Kier alpha value is -2.42. The topological polar surface area (TPSA) is 60.0 Å². The summed E-state index contributed by atoms with van der Waals surface area (Å²) < 4.78 is 39.0. The van der Waals surface area contributed by atoms with E-state index in [1.807, 2.05) is 4.90 Å². The van der Waals surface area contributed by atoms with Crippen LogP contribution in [0.25, 0.3) is 0 Å². The number of halogens is 3. The molecule has 0 bridgehead atoms. The Morgan fingerprint density at radius 1 is 1.23 bits per heavy atom. The van der Waals surface area contributed by atoms with Gasteiger partial charge in [-0.15, -0.1) is 0 Å². The highest BCUT2D eigenvalue weighted by molar-refractivity contribution is 6.30. The van der Waals surface area contributed by atoms with E-state index >= 15 is 0 Å². The van der Waals surface area contributed by atoms with Crippen LogP contribution >= 0.6 is 11.6 Å². The van der Waals surface area contributed by atoms with E-state index in [9.17, 15) is 13.7 Å². The van der Waals surface area contributed by atoms with Gasteiger partial charge in [0.1, 0.15) is 5.82 Å². The fraction of sp³-hybridized carbons (Fsp3) is 0.381. The number of piperidine rings is 1. The van der Waals surface area contributed by atoms with Crippen molar-refractivity contribution in [2.75, 3.05) is 36.5 Å². The second-order valence-electron chi connectivity index (χ2n) is 7.27. The summed E-state index contributed by atoms with van der Waals surface area (Å²) in [5, 5.41) is 2.91. The highest BCUT2D eigenvalue weighted by atomic mass is 35.5. The zero-order chi connectivity index (χ0) is 21.1. The molecule has 2 heterocycles. The first kappa shape index (κ1) is 20.8. The Morgan fingerprint density at radius 2 is 1.97 bits per heavy atom. The molecular weight excluding hydrogens is 418 g/mol. The number of amides is 1. The maximum atomic E-state index is 14.8. The standard InChI is InChI=1S/C21H21ClF2N2O4/c22-14-2-1-3-19(30-24)16(12-14)20(27)25-15-4-5-18(17(23)13-15)26-8-6-21(7-9-26)28-10-11-29-21/h1,3-5,12-13H,2,6-11H2,(H,25,27). The van der Waals surface area contributed by atoms with Gasteiger partial charge in [-0.2, -0.15) is 0 Å². The summed E-state index contributed by atoms with van der Waals surface area (Å²) in [4.78, 5) is 18.3. The molecule has 1 amide bonds. The summed E-state index contributed by atoms with van der Waals surface area (Å²) in [7, 11) is 0. The lowest BCUT2D eigenvalue weighted by atomic mass is 10.0. The first-order valence-corrected chi connectivity index (χ1v) is 10.1. The van der Waals surface area contributed by atoms with Crippen LogP contribution in [0.2, 0.25) is 0 Å². The van der Waals surface area contributed by atoms with Gasteiger partial charge in [0.25, 0.3) is 5.91 Å². The van der Waals surface area contributed by atoms with Gasteiger partial charge >= 0.3 is 0 Å². The van der Waals surface area contributed by atoms with Gasteiger partial charge in [-0.05, 0) is 30.4 Å². The van der Waals surface area contributed by atoms with Crippen molar-refractivity contribution in [3.63, 3.8) is 0 Å². The van der Waals surface area contributed by atoms with Gasteiger partial charge in [0, 0.05) is 47.6 Å². The second-order valence-corrected chi connectivity index (χ2v) is 7.75. The Kier molecular flexibility index (Phi) is 6.08. The largest absolute Gasteiger partial charge is 0.369 e. The average molecular weight is 439 g/mol. The lowest BCUT2D eigenvalue weighted by Crippen LogP contribution is -2.45. The number of allylic oxidation sites excluding steroid dienone is 3. The van der Waals surface area contributed by atoms with E-state index in [0.29, 0.717) is 56.3 Å². The van der Waals surface area contributed by atoms with Crippen molar-refractivity contribution >= 4 is 28.9 Å². The van der Waals surface area contributed by atoms with Gasteiger partial charge < -0.3 is 19.7 Å². The molecule has 2 fully saturated rings. The van der Waals surface area contributed by atoms with Crippen molar-refractivity contribution in [1.29, 1.82) is 0 Å². The molecule has 0 aromatic heterocycles. The normalized spacial score (nSPS) is 20.9. The van der Waals surface area contributed by atoms with Crippen LogP contribution in [0.4, 0.5) is 20.3 Å². The maximum Gasteiger partial charge on any atom is 0.259 e. The quantitative estimate of drug-likeness (QED) is 0.757. The molecule has 2 aliphatic heterocycles. The first-order chi connectivity index (χ1) is 14.5. The monoisotopic (exact) mass is 438 g/mol. The lowest BCUT2D eigenvalue weighted by molar-refractivity contribution is -0.169.